The van der Waals surface area contributed by atoms with E-state index >= 15 is 0 Å². The third kappa shape index (κ3) is 6.25. The molecule has 36 heavy (non-hydrogen) atoms. The summed E-state index contributed by atoms with van der Waals surface area (Å²) in [7, 11) is -3.77. The average molecular weight is 519 g/mol. The number of amides is 1. The van der Waals surface area contributed by atoms with Crippen LogP contribution < -0.4 is 9.21 Å². The number of nitriles is 1. The molecular formula is C25H31FN4O5S. The highest BCUT2D eigenvalue weighted by molar-refractivity contribution is 7.92. The number of aliphatic hydroxyl groups excluding tert-OH is 1. The Morgan fingerprint density at radius 1 is 1.14 bits per heavy atom. The highest BCUT2D eigenvalue weighted by atomic mass is 32.2. The van der Waals surface area contributed by atoms with Gasteiger partial charge in [0.2, 0.25) is 10.0 Å². The number of hydrogen-bond acceptors (Lipinski definition) is 7. The van der Waals surface area contributed by atoms with Crippen LogP contribution in [0.15, 0.2) is 36.4 Å². The predicted octanol–water partition coefficient (Wildman–Crippen LogP) is 3.21. The molecular weight excluding hydrogens is 487 g/mol. The number of rotatable bonds is 9. The van der Waals surface area contributed by atoms with Crippen molar-refractivity contribution in [2.75, 3.05) is 47.7 Å². The molecule has 0 aromatic heterocycles. The molecule has 1 aliphatic heterocycles. The van der Waals surface area contributed by atoms with Gasteiger partial charge >= 0.3 is 6.09 Å². The van der Waals surface area contributed by atoms with Gasteiger partial charge in [0.05, 0.1) is 42.4 Å². The fourth-order valence-electron chi connectivity index (χ4n) is 4.16. The Kier molecular flexibility index (Phi) is 9.12. The van der Waals surface area contributed by atoms with Gasteiger partial charge in [-0.15, -0.1) is 0 Å². The number of carbonyl (C=O) groups is 1. The largest absolute Gasteiger partial charge is 0.450 e. The van der Waals surface area contributed by atoms with Crippen molar-refractivity contribution in [2.45, 2.75) is 33.4 Å². The second-order valence-electron chi connectivity index (χ2n) is 8.38. The number of benzene rings is 2. The maximum Gasteiger partial charge on any atom is 0.409 e. The first-order valence-electron chi connectivity index (χ1n) is 11.8. The summed E-state index contributed by atoms with van der Waals surface area (Å²) in [6.45, 7) is 5.14. The molecule has 1 aliphatic rings. The first-order valence-corrected chi connectivity index (χ1v) is 13.4. The summed E-state index contributed by atoms with van der Waals surface area (Å²) in [4.78, 5) is 15.6. The lowest BCUT2D eigenvalue weighted by molar-refractivity contribution is 0.105. The Labute approximate surface area is 211 Å². The van der Waals surface area contributed by atoms with Gasteiger partial charge in [-0.1, -0.05) is 13.0 Å². The minimum absolute atomic E-state index is 0.109. The van der Waals surface area contributed by atoms with E-state index in [0.29, 0.717) is 67.3 Å². The van der Waals surface area contributed by atoms with E-state index in [1.807, 2.05) is 4.90 Å². The number of piperazine rings is 1. The van der Waals surface area contributed by atoms with Crippen molar-refractivity contribution in [3.63, 3.8) is 0 Å². The van der Waals surface area contributed by atoms with Gasteiger partial charge in [0.1, 0.15) is 11.9 Å². The van der Waals surface area contributed by atoms with E-state index in [1.165, 1.54) is 28.6 Å². The van der Waals surface area contributed by atoms with Crippen molar-refractivity contribution in [1.82, 2.24) is 4.90 Å². The first kappa shape index (κ1) is 27.2. The summed E-state index contributed by atoms with van der Waals surface area (Å²) in [6, 6.07) is 10.9. The average Bonchev–Trinajstić information content (AvgIpc) is 2.87. The lowest BCUT2D eigenvalue weighted by atomic mass is 10.1. The van der Waals surface area contributed by atoms with Crippen LogP contribution in [0.4, 0.5) is 20.6 Å². The van der Waals surface area contributed by atoms with Gasteiger partial charge in [-0.25, -0.2) is 17.6 Å². The summed E-state index contributed by atoms with van der Waals surface area (Å²) in [5.41, 5.74) is 2.02. The fourth-order valence-corrected chi connectivity index (χ4v) is 5.67. The topological polar surface area (TPSA) is 114 Å². The Morgan fingerprint density at radius 3 is 2.47 bits per heavy atom. The zero-order chi connectivity index (χ0) is 26.3. The minimum Gasteiger partial charge on any atom is -0.450 e. The molecule has 1 saturated heterocycles. The molecule has 0 radical (unpaired) electrons. The molecule has 194 valence electrons. The number of hydrogen-bond donors (Lipinski definition) is 1. The van der Waals surface area contributed by atoms with Gasteiger partial charge in [0, 0.05) is 26.2 Å². The summed E-state index contributed by atoms with van der Waals surface area (Å²) < 4.78 is 46.3. The van der Waals surface area contributed by atoms with E-state index in [-0.39, 0.29) is 18.4 Å². The van der Waals surface area contributed by atoms with Crippen LogP contribution in [-0.4, -0.2) is 63.1 Å². The molecule has 1 N–H and O–H groups in total. The van der Waals surface area contributed by atoms with Crippen LogP contribution in [0.3, 0.4) is 0 Å². The van der Waals surface area contributed by atoms with E-state index in [9.17, 15) is 28.0 Å². The molecule has 9 nitrogen and oxygen atoms in total. The van der Waals surface area contributed by atoms with Crippen molar-refractivity contribution in [2.24, 2.45) is 0 Å². The van der Waals surface area contributed by atoms with E-state index < -0.39 is 22.4 Å². The SMILES string of the molecule is CCCS(=O)(=O)N(Cc1ccc(F)cc1CO)c1ccc(N2CCN(C(=O)OCC)CC2)c(C#N)c1. The van der Waals surface area contributed by atoms with E-state index in [1.54, 1.807) is 30.9 Å². The number of sulfonamides is 1. The van der Waals surface area contributed by atoms with E-state index in [0.717, 1.165) is 0 Å². The van der Waals surface area contributed by atoms with Crippen LogP contribution in [0.25, 0.3) is 0 Å². The second-order valence-corrected chi connectivity index (χ2v) is 10.4. The van der Waals surface area contributed by atoms with E-state index in [2.05, 4.69) is 6.07 Å². The first-order chi connectivity index (χ1) is 17.2. The smallest absolute Gasteiger partial charge is 0.409 e. The van der Waals surface area contributed by atoms with Crippen molar-refractivity contribution >= 4 is 27.5 Å². The molecule has 0 aliphatic carbocycles. The Bertz CT molecular complexity index is 1220. The molecule has 1 amide bonds. The Balaban J connectivity index is 1.92. The number of carbonyl (C=O) groups excluding carboxylic acids is 1. The summed E-state index contributed by atoms with van der Waals surface area (Å²) in [5, 5.41) is 19.5. The van der Waals surface area contributed by atoms with Gasteiger partial charge in [-0.05, 0) is 54.8 Å². The number of aliphatic hydroxyl groups is 1. The number of ether oxygens (including phenoxy) is 1. The Morgan fingerprint density at radius 2 is 1.86 bits per heavy atom. The lowest BCUT2D eigenvalue weighted by Crippen LogP contribution is -2.49. The van der Waals surface area contributed by atoms with Crippen LogP contribution in [0.5, 0.6) is 0 Å². The second kappa shape index (κ2) is 12.1. The van der Waals surface area contributed by atoms with Gasteiger partial charge in [0.15, 0.2) is 0 Å². The molecule has 1 fully saturated rings. The maximum absolute atomic E-state index is 13.7. The zero-order valence-electron chi connectivity index (χ0n) is 20.5. The van der Waals surface area contributed by atoms with Crippen LogP contribution in [0, 0.1) is 17.1 Å². The summed E-state index contributed by atoms with van der Waals surface area (Å²) in [6.07, 6.45) is 0.0241. The quantitative estimate of drug-likeness (QED) is 0.542. The molecule has 0 unspecified atom stereocenters. The molecule has 0 bridgehead atoms. The molecule has 0 spiro atoms. The Hall–Kier alpha value is -3.36. The summed E-state index contributed by atoms with van der Waals surface area (Å²) in [5.74, 6) is -0.632. The van der Waals surface area contributed by atoms with Crippen LogP contribution in [0.2, 0.25) is 0 Å². The van der Waals surface area contributed by atoms with E-state index in [4.69, 9.17) is 4.74 Å². The monoisotopic (exact) mass is 518 g/mol. The highest BCUT2D eigenvalue weighted by Crippen LogP contribution is 2.30. The van der Waals surface area contributed by atoms with Crippen LogP contribution in [0.1, 0.15) is 37.0 Å². The number of anilines is 2. The van der Waals surface area contributed by atoms with Crippen LogP contribution >= 0.6 is 0 Å². The van der Waals surface area contributed by atoms with Crippen molar-refractivity contribution in [3.05, 3.63) is 58.9 Å². The molecule has 0 atom stereocenters. The van der Waals surface area contributed by atoms with Crippen molar-refractivity contribution < 1.29 is 27.4 Å². The van der Waals surface area contributed by atoms with Gasteiger partial charge in [-0.2, -0.15) is 5.26 Å². The third-order valence-electron chi connectivity index (χ3n) is 5.99. The molecule has 0 saturated carbocycles. The van der Waals surface area contributed by atoms with Gasteiger partial charge in [-0.3, -0.25) is 4.31 Å². The number of nitrogens with zero attached hydrogens (tertiary/aromatic N) is 4. The van der Waals surface area contributed by atoms with Gasteiger partial charge in [0.25, 0.3) is 0 Å². The highest BCUT2D eigenvalue weighted by Gasteiger charge is 2.27. The fraction of sp³-hybridized carbons (Fsp3) is 0.440. The maximum atomic E-state index is 13.7. The molecule has 1 heterocycles. The zero-order valence-corrected chi connectivity index (χ0v) is 21.3. The molecule has 3 rings (SSSR count). The predicted molar refractivity (Wildman–Crippen MR) is 135 cm³/mol. The lowest BCUT2D eigenvalue weighted by Gasteiger charge is -2.36. The molecule has 11 heteroatoms. The molecule has 2 aromatic rings. The van der Waals surface area contributed by atoms with Gasteiger partial charge < -0.3 is 19.6 Å². The standard InChI is InChI=1S/C25H31FN4O5S/c1-3-13-36(33,34)30(17-19-5-6-22(26)14-21(19)18-31)23-7-8-24(20(15-23)16-27)28-9-11-29(12-10-28)25(32)35-4-2/h5-8,14-15,31H,3-4,9-13,17-18H2,1-2H3. The number of halogens is 1. The normalized spacial score (nSPS) is 13.9. The minimum atomic E-state index is -3.77. The van der Waals surface area contributed by atoms with Crippen LogP contribution in [-0.2, 0) is 27.9 Å². The van der Waals surface area contributed by atoms with Crippen molar-refractivity contribution in [1.29, 1.82) is 5.26 Å². The van der Waals surface area contributed by atoms with Crippen molar-refractivity contribution in [3.8, 4) is 6.07 Å². The third-order valence-corrected chi connectivity index (χ3v) is 7.92. The summed E-state index contributed by atoms with van der Waals surface area (Å²) >= 11 is 0. The molecule has 2 aromatic carbocycles.